The number of halogens is 2. The van der Waals surface area contributed by atoms with Gasteiger partial charge in [0.2, 0.25) is 0 Å². The molecule has 1 N–H and O–H groups in total. The van der Waals surface area contributed by atoms with Crippen molar-refractivity contribution < 1.29 is 19.0 Å². The number of benzene rings is 1. The number of methoxy groups -OCH3 is 1. The van der Waals surface area contributed by atoms with E-state index in [1.165, 1.54) is 7.11 Å². The van der Waals surface area contributed by atoms with Gasteiger partial charge in [0.25, 0.3) is 0 Å². The van der Waals surface area contributed by atoms with Crippen LogP contribution in [0.15, 0.2) is 10.5 Å². The van der Waals surface area contributed by atoms with Crippen molar-refractivity contribution in [3.8, 4) is 5.75 Å². The first kappa shape index (κ1) is 15.3. The first-order chi connectivity index (χ1) is 9.44. The van der Waals surface area contributed by atoms with Crippen molar-refractivity contribution in [2.75, 3.05) is 7.11 Å². The molecule has 0 bridgehead atoms. The van der Waals surface area contributed by atoms with Gasteiger partial charge in [0, 0.05) is 5.56 Å². The van der Waals surface area contributed by atoms with Crippen molar-refractivity contribution in [2.45, 2.75) is 44.4 Å². The molecule has 0 saturated heterocycles. The first-order valence-corrected chi connectivity index (χ1v) is 7.50. The minimum atomic E-state index is -1.18. The maximum atomic E-state index is 14.6. The van der Waals surface area contributed by atoms with Gasteiger partial charge in [0.15, 0.2) is 0 Å². The number of hydrogen-bond donors (Lipinski definition) is 1. The summed E-state index contributed by atoms with van der Waals surface area (Å²) in [6.45, 7) is 1.80. The van der Waals surface area contributed by atoms with Crippen LogP contribution >= 0.6 is 15.9 Å². The lowest BCUT2D eigenvalue weighted by atomic mass is 9.68. The number of rotatable bonds is 3. The van der Waals surface area contributed by atoms with Gasteiger partial charge in [0.05, 0.1) is 17.0 Å². The highest BCUT2D eigenvalue weighted by Crippen LogP contribution is 2.47. The van der Waals surface area contributed by atoms with Gasteiger partial charge in [-0.25, -0.2) is 4.39 Å². The zero-order valence-electron chi connectivity index (χ0n) is 11.6. The standard InChI is InChI=1S/C15H18BrFO3/c1-9-8-10(16)12(17)11(13(9)20-2)15(14(18)19)6-4-3-5-7-15/h8H,3-7H2,1-2H3,(H,18,19). The Kier molecular flexibility index (Phi) is 4.37. The van der Waals surface area contributed by atoms with E-state index in [0.717, 1.165) is 24.8 Å². The molecule has 1 aliphatic rings. The number of carboxylic acid groups (broad SMARTS) is 1. The van der Waals surface area contributed by atoms with Crippen LogP contribution in [-0.2, 0) is 10.2 Å². The third-order valence-corrected chi connectivity index (χ3v) is 4.73. The summed E-state index contributed by atoms with van der Waals surface area (Å²) in [5.41, 5.74) is -0.247. The van der Waals surface area contributed by atoms with E-state index >= 15 is 0 Å². The van der Waals surface area contributed by atoms with Crippen molar-refractivity contribution in [1.82, 2.24) is 0 Å². The van der Waals surface area contributed by atoms with Crippen molar-refractivity contribution in [2.24, 2.45) is 0 Å². The monoisotopic (exact) mass is 344 g/mol. The topological polar surface area (TPSA) is 46.5 Å². The Balaban J connectivity index is 2.73. The van der Waals surface area contributed by atoms with Gasteiger partial charge in [0.1, 0.15) is 11.6 Å². The summed E-state index contributed by atoms with van der Waals surface area (Å²) in [5.74, 6) is -1.13. The van der Waals surface area contributed by atoms with Crippen LogP contribution < -0.4 is 4.74 Å². The largest absolute Gasteiger partial charge is 0.496 e. The van der Waals surface area contributed by atoms with E-state index in [1.54, 1.807) is 13.0 Å². The zero-order chi connectivity index (χ0) is 14.9. The Bertz CT molecular complexity index is 536. The molecule has 1 aliphatic carbocycles. The van der Waals surface area contributed by atoms with Crippen molar-refractivity contribution in [1.29, 1.82) is 0 Å². The van der Waals surface area contributed by atoms with Crippen LogP contribution in [0.2, 0.25) is 0 Å². The zero-order valence-corrected chi connectivity index (χ0v) is 13.2. The number of ether oxygens (including phenoxy) is 1. The molecule has 0 aliphatic heterocycles. The molecule has 0 amide bonds. The molecule has 110 valence electrons. The molecule has 20 heavy (non-hydrogen) atoms. The van der Waals surface area contributed by atoms with E-state index in [1.807, 2.05) is 0 Å². The minimum Gasteiger partial charge on any atom is -0.496 e. The normalized spacial score (nSPS) is 17.8. The number of hydrogen-bond acceptors (Lipinski definition) is 2. The van der Waals surface area contributed by atoms with Crippen LogP contribution in [0.25, 0.3) is 0 Å². The molecule has 0 radical (unpaired) electrons. The predicted octanol–water partition coefficient (Wildman–Crippen LogP) is 4.19. The van der Waals surface area contributed by atoms with Crippen molar-refractivity contribution >= 4 is 21.9 Å². The van der Waals surface area contributed by atoms with E-state index in [4.69, 9.17) is 4.74 Å². The molecule has 0 aromatic heterocycles. The van der Waals surface area contributed by atoms with Gasteiger partial charge in [-0.1, -0.05) is 19.3 Å². The molecule has 3 nitrogen and oxygen atoms in total. The van der Waals surface area contributed by atoms with Gasteiger partial charge in [-0.3, -0.25) is 4.79 Å². The summed E-state index contributed by atoms with van der Waals surface area (Å²) in [6.07, 6.45) is 3.48. The Morgan fingerprint density at radius 3 is 2.50 bits per heavy atom. The average Bonchev–Trinajstić information content (AvgIpc) is 2.43. The van der Waals surface area contributed by atoms with E-state index < -0.39 is 17.2 Å². The number of aryl methyl sites for hydroxylation is 1. The lowest BCUT2D eigenvalue weighted by molar-refractivity contribution is -0.145. The Morgan fingerprint density at radius 1 is 1.40 bits per heavy atom. The van der Waals surface area contributed by atoms with Gasteiger partial charge in [-0.2, -0.15) is 0 Å². The molecule has 1 aromatic carbocycles. The van der Waals surface area contributed by atoms with Crippen LogP contribution in [0.5, 0.6) is 5.75 Å². The van der Waals surface area contributed by atoms with Gasteiger partial charge in [-0.05, 0) is 47.3 Å². The van der Waals surface area contributed by atoms with E-state index in [-0.39, 0.29) is 10.0 Å². The Labute approximate surface area is 126 Å². The summed E-state index contributed by atoms with van der Waals surface area (Å²) < 4.78 is 20.2. The molecule has 1 saturated carbocycles. The Hall–Kier alpha value is -1.10. The minimum absolute atomic E-state index is 0.194. The molecular formula is C15H18BrFO3. The van der Waals surface area contributed by atoms with E-state index in [9.17, 15) is 14.3 Å². The van der Waals surface area contributed by atoms with Gasteiger partial charge >= 0.3 is 5.97 Å². The second-order valence-electron chi connectivity index (χ2n) is 5.35. The Morgan fingerprint density at radius 2 is 2.00 bits per heavy atom. The number of aliphatic carboxylic acids is 1. The second-order valence-corrected chi connectivity index (χ2v) is 6.20. The number of carboxylic acids is 1. The molecule has 0 unspecified atom stereocenters. The van der Waals surface area contributed by atoms with Crippen molar-refractivity contribution in [3.05, 3.63) is 27.5 Å². The molecule has 0 heterocycles. The second kappa shape index (κ2) is 5.72. The highest BCUT2D eigenvalue weighted by molar-refractivity contribution is 9.10. The third-order valence-electron chi connectivity index (χ3n) is 4.16. The van der Waals surface area contributed by atoms with E-state index in [0.29, 0.717) is 18.6 Å². The summed E-state index contributed by atoms with van der Waals surface area (Å²) >= 11 is 3.18. The van der Waals surface area contributed by atoms with Crippen molar-refractivity contribution in [3.63, 3.8) is 0 Å². The molecular weight excluding hydrogens is 327 g/mol. The summed E-state index contributed by atoms with van der Waals surface area (Å²) in [4.78, 5) is 11.9. The quantitative estimate of drug-likeness (QED) is 0.894. The number of carbonyl (C=O) groups is 1. The molecule has 0 spiro atoms. The average molecular weight is 345 g/mol. The molecule has 1 aromatic rings. The SMILES string of the molecule is COc1c(C)cc(Br)c(F)c1C1(C(=O)O)CCCCC1. The maximum absolute atomic E-state index is 14.6. The lowest BCUT2D eigenvalue weighted by Gasteiger charge is -2.35. The predicted molar refractivity (Wildman–Crippen MR) is 77.8 cm³/mol. The van der Waals surface area contributed by atoms with Crippen LogP contribution in [0.3, 0.4) is 0 Å². The molecule has 5 heteroatoms. The fourth-order valence-electron chi connectivity index (χ4n) is 3.15. The maximum Gasteiger partial charge on any atom is 0.314 e. The summed E-state index contributed by atoms with van der Waals surface area (Å²) in [7, 11) is 1.46. The summed E-state index contributed by atoms with van der Waals surface area (Å²) in [5, 5.41) is 9.73. The van der Waals surface area contributed by atoms with Crippen LogP contribution in [0.1, 0.15) is 43.2 Å². The molecule has 1 fully saturated rings. The third kappa shape index (κ3) is 2.32. The van der Waals surface area contributed by atoms with Gasteiger partial charge < -0.3 is 9.84 Å². The summed E-state index contributed by atoms with van der Waals surface area (Å²) in [6, 6.07) is 1.62. The highest BCUT2D eigenvalue weighted by atomic mass is 79.9. The fraction of sp³-hybridized carbons (Fsp3) is 0.533. The first-order valence-electron chi connectivity index (χ1n) is 6.70. The van der Waals surface area contributed by atoms with Crippen LogP contribution in [-0.4, -0.2) is 18.2 Å². The van der Waals surface area contributed by atoms with Crippen LogP contribution in [0, 0.1) is 12.7 Å². The van der Waals surface area contributed by atoms with Gasteiger partial charge in [-0.15, -0.1) is 0 Å². The highest BCUT2D eigenvalue weighted by Gasteiger charge is 2.46. The van der Waals surface area contributed by atoms with Crippen LogP contribution in [0.4, 0.5) is 4.39 Å². The fourth-order valence-corrected chi connectivity index (χ4v) is 3.69. The lowest BCUT2D eigenvalue weighted by Crippen LogP contribution is -2.39. The smallest absolute Gasteiger partial charge is 0.314 e. The van der Waals surface area contributed by atoms with E-state index in [2.05, 4.69) is 15.9 Å². The molecule has 0 atom stereocenters. The molecule has 2 rings (SSSR count).